The third-order valence-electron chi connectivity index (χ3n) is 3.33. The molecule has 0 aliphatic heterocycles. The summed E-state index contributed by atoms with van der Waals surface area (Å²) in [5, 5.41) is 2.86. The zero-order valence-corrected chi connectivity index (χ0v) is 9.98. The molecule has 0 aromatic carbocycles. The minimum absolute atomic E-state index is 0.000556. The summed E-state index contributed by atoms with van der Waals surface area (Å²) in [7, 11) is 0. The maximum absolute atomic E-state index is 11.9. The van der Waals surface area contributed by atoms with Crippen LogP contribution in [0.1, 0.15) is 38.5 Å². The molecule has 3 N–H and O–H groups in total. The van der Waals surface area contributed by atoms with E-state index < -0.39 is 0 Å². The van der Waals surface area contributed by atoms with Crippen molar-refractivity contribution in [2.75, 3.05) is 5.32 Å². The van der Waals surface area contributed by atoms with E-state index >= 15 is 0 Å². The minimum atomic E-state index is -0.296. The predicted molar refractivity (Wildman–Crippen MR) is 67.5 cm³/mol. The Bertz CT molecular complexity index is 372. The van der Waals surface area contributed by atoms with Gasteiger partial charge < -0.3 is 11.1 Å². The molecule has 1 aromatic rings. The Morgan fingerprint density at radius 1 is 1.29 bits per heavy atom. The van der Waals surface area contributed by atoms with E-state index in [9.17, 15) is 4.79 Å². The molecule has 0 unspecified atom stereocenters. The average Bonchev–Trinajstić information content (AvgIpc) is 2.30. The molecular weight excluding hydrogens is 214 g/mol. The molecule has 2 rings (SSSR count). The van der Waals surface area contributed by atoms with Gasteiger partial charge in [0.1, 0.15) is 0 Å². The molecule has 1 amide bonds. The van der Waals surface area contributed by atoms with Gasteiger partial charge in [-0.15, -0.1) is 0 Å². The van der Waals surface area contributed by atoms with E-state index in [4.69, 9.17) is 5.73 Å². The molecule has 1 fully saturated rings. The number of carbonyl (C=O) groups excluding carboxylic acids is 1. The van der Waals surface area contributed by atoms with Crippen LogP contribution < -0.4 is 11.1 Å². The molecule has 0 bridgehead atoms. The van der Waals surface area contributed by atoms with Crippen LogP contribution in [-0.2, 0) is 4.79 Å². The second kappa shape index (κ2) is 5.27. The van der Waals surface area contributed by atoms with E-state index in [1.807, 2.05) is 0 Å². The monoisotopic (exact) mass is 233 g/mol. The quantitative estimate of drug-likeness (QED) is 0.839. The highest BCUT2D eigenvalue weighted by atomic mass is 16.1. The largest absolute Gasteiger partial charge is 0.326 e. The number of nitrogens with zero attached hydrogens (tertiary/aromatic N) is 1. The van der Waals surface area contributed by atoms with Gasteiger partial charge in [-0.25, -0.2) is 0 Å². The fraction of sp³-hybridized carbons (Fsp3) is 0.538. The first-order valence-electron chi connectivity index (χ1n) is 6.17. The molecule has 17 heavy (non-hydrogen) atoms. The van der Waals surface area contributed by atoms with Crippen molar-refractivity contribution in [1.82, 2.24) is 4.98 Å². The second-order valence-corrected chi connectivity index (χ2v) is 4.88. The normalized spacial score (nSPS) is 18.6. The van der Waals surface area contributed by atoms with Gasteiger partial charge in [0.05, 0.1) is 0 Å². The number of rotatable bonds is 3. The van der Waals surface area contributed by atoms with E-state index in [1.165, 1.54) is 6.42 Å². The lowest BCUT2D eigenvalue weighted by Gasteiger charge is -2.32. The van der Waals surface area contributed by atoms with Gasteiger partial charge in [0, 0.05) is 30.0 Å². The van der Waals surface area contributed by atoms with E-state index in [2.05, 4.69) is 10.3 Å². The van der Waals surface area contributed by atoms with Crippen molar-refractivity contribution in [3.63, 3.8) is 0 Å². The minimum Gasteiger partial charge on any atom is -0.326 e. The Labute approximate surface area is 102 Å². The second-order valence-electron chi connectivity index (χ2n) is 4.88. The molecule has 4 heteroatoms. The predicted octanol–water partition coefficient (Wildman–Crippen LogP) is 2.07. The Kier molecular flexibility index (Phi) is 3.74. The maximum Gasteiger partial charge on any atom is 0.226 e. The van der Waals surface area contributed by atoms with Crippen molar-refractivity contribution in [1.29, 1.82) is 0 Å². The Morgan fingerprint density at radius 2 is 1.94 bits per heavy atom. The van der Waals surface area contributed by atoms with Crippen LogP contribution in [0.2, 0.25) is 0 Å². The SMILES string of the molecule is NC1(CC(=O)Nc2ccncc2)CCCCC1. The molecule has 1 saturated carbocycles. The van der Waals surface area contributed by atoms with Crippen molar-refractivity contribution in [3.8, 4) is 0 Å². The smallest absolute Gasteiger partial charge is 0.226 e. The molecule has 0 spiro atoms. The summed E-state index contributed by atoms with van der Waals surface area (Å²) >= 11 is 0. The molecule has 1 aromatic heterocycles. The van der Waals surface area contributed by atoms with Gasteiger partial charge in [-0.05, 0) is 25.0 Å². The fourth-order valence-corrected chi connectivity index (χ4v) is 2.39. The summed E-state index contributed by atoms with van der Waals surface area (Å²) < 4.78 is 0. The number of pyridine rings is 1. The van der Waals surface area contributed by atoms with Crippen LogP contribution in [-0.4, -0.2) is 16.4 Å². The maximum atomic E-state index is 11.9. The summed E-state index contributed by atoms with van der Waals surface area (Å²) in [6.45, 7) is 0. The number of nitrogens with one attached hydrogen (secondary N) is 1. The molecule has 1 aliphatic carbocycles. The summed E-state index contributed by atoms with van der Waals surface area (Å²) in [6, 6.07) is 3.56. The van der Waals surface area contributed by atoms with Gasteiger partial charge in [0.15, 0.2) is 0 Å². The molecule has 0 radical (unpaired) electrons. The highest BCUT2D eigenvalue weighted by Crippen LogP contribution is 2.28. The van der Waals surface area contributed by atoms with Crippen molar-refractivity contribution in [2.24, 2.45) is 5.73 Å². The first-order valence-corrected chi connectivity index (χ1v) is 6.17. The van der Waals surface area contributed by atoms with Gasteiger partial charge in [0.25, 0.3) is 0 Å². The van der Waals surface area contributed by atoms with Crippen molar-refractivity contribution < 1.29 is 4.79 Å². The topological polar surface area (TPSA) is 68.0 Å². The number of hydrogen-bond acceptors (Lipinski definition) is 3. The van der Waals surface area contributed by atoms with Crippen molar-refractivity contribution in [2.45, 2.75) is 44.1 Å². The summed E-state index contributed by atoms with van der Waals surface area (Å²) in [4.78, 5) is 15.8. The van der Waals surface area contributed by atoms with Crippen LogP contribution >= 0.6 is 0 Å². The molecule has 0 saturated heterocycles. The van der Waals surface area contributed by atoms with Crippen LogP contribution in [0.3, 0.4) is 0 Å². The van der Waals surface area contributed by atoms with Gasteiger partial charge in [-0.1, -0.05) is 19.3 Å². The molecule has 1 heterocycles. The van der Waals surface area contributed by atoms with Crippen LogP contribution in [0.5, 0.6) is 0 Å². The van der Waals surface area contributed by atoms with E-state index in [0.717, 1.165) is 31.4 Å². The number of aromatic nitrogens is 1. The number of amides is 1. The van der Waals surface area contributed by atoms with Crippen LogP contribution in [0.15, 0.2) is 24.5 Å². The Balaban J connectivity index is 1.88. The lowest BCUT2D eigenvalue weighted by atomic mass is 9.80. The molecule has 1 aliphatic rings. The van der Waals surface area contributed by atoms with Gasteiger partial charge >= 0.3 is 0 Å². The Morgan fingerprint density at radius 3 is 2.59 bits per heavy atom. The van der Waals surface area contributed by atoms with Gasteiger partial charge in [-0.3, -0.25) is 9.78 Å². The zero-order chi connectivity index (χ0) is 12.1. The van der Waals surface area contributed by atoms with E-state index in [0.29, 0.717) is 6.42 Å². The lowest BCUT2D eigenvalue weighted by molar-refractivity contribution is -0.117. The summed E-state index contributed by atoms with van der Waals surface area (Å²) in [6.07, 6.45) is 9.16. The van der Waals surface area contributed by atoms with Gasteiger partial charge in [-0.2, -0.15) is 0 Å². The number of carbonyl (C=O) groups is 1. The van der Waals surface area contributed by atoms with Crippen LogP contribution in [0, 0.1) is 0 Å². The average molecular weight is 233 g/mol. The molecular formula is C13H19N3O. The van der Waals surface area contributed by atoms with E-state index in [1.54, 1.807) is 24.5 Å². The standard InChI is InChI=1S/C13H19N3O/c14-13(6-2-1-3-7-13)10-12(17)16-11-4-8-15-9-5-11/h4-5,8-9H,1-3,6-7,10,14H2,(H,15,16,17). The lowest BCUT2D eigenvalue weighted by Crippen LogP contribution is -2.44. The highest BCUT2D eigenvalue weighted by Gasteiger charge is 2.29. The molecule has 0 atom stereocenters. The highest BCUT2D eigenvalue weighted by molar-refractivity contribution is 5.91. The van der Waals surface area contributed by atoms with Crippen LogP contribution in [0.25, 0.3) is 0 Å². The fourth-order valence-electron chi connectivity index (χ4n) is 2.39. The first kappa shape index (κ1) is 12.0. The molecule has 92 valence electrons. The third kappa shape index (κ3) is 3.53. The summed E-state index contributed by atoms with van der Waals surface area (Å²) in [5.41, 5.74) is 6.73. The van der Waals surface area contributed by atoms with Crippen molar-refractivity contribution in [3.05, 3.63) is 24.5 Å². The third-order valence-corrected chi connectivity index (χ3v) is 3.33. The number of nitrogens with two attached hydrogens (primary N) is 1. The first-order chi connectivity index (χ1) is 8.18. The van der Waals surface area contributed by atoms with Crippen LogP contribution in [0.4, 0.5) is 5.69 Å². The van der Waals surface area contributed by atoms with E-state index in [-0.39, 0.29) is 11.4 Å². The summed E-state index contributed by atoms with van der Waals surface area (Å²) in [5.74, 6) is 0.000556. The molecule has 4 nitrogen and oxygen atoms in total. The number of hydrogen-bond donors (Lipinski definition) is 2. The number of anilines is 1. The van der Waals surface area contributed by atoms with Gasteiger partial charge in [0.2, 0.25) is 5.91 Å². The van der Waals surface area contributed by atoms with Crippen molar-refractivity contribution >= 4 is 11.6 Å². The zero-order valence-electron chi connectivity index (χ0n) is 9.98. The Hall–Kier alpha value is -1.42.